The molecular formula is C103H264N22O6S6. The molecule has 0 atom stereocenters. The number of hydrogen-bond donors (Lipinski definition) is 22. The summed E-state index contributed by atoms with van der Waals surface area (Å²) in [7, 11) is 0. The minimum atomic E-state index is 0. The Bertz CT molecular complexity index is 835. The molecule has 0 aromatic rings. The molecule has 34 heteroatoms. The highest BCUT2D eigenvalue weighted by atomic mass is 32.2. The van der Waals surface area contributed by atoms with E-state index in [-0.39, 0.29) is 5.48 Å². The van der Waals surface area contributed by atoms with Crippen molar-refractivity contribution in [2.24, 2.45) is 0 Å². The van der Waals surface area contributed by atoms with Gasteiger partial charge in [-0.05, 0) is 179 Å². The number of nitrogens with one attached hydrogen (secondary N) is 22. The first kappa shape index (κ1) is 180. The summed E-state index contributed by atoms with van der Waals surface area (Å²) in [5, 5.41) is 44.4. The molecule has 0 saturated carbocycles. The van der Waals surface area contributed by atoms with Crippen LogP contribution in [0.25, 0.3) is 0 Å². The Labute approximate surface area is 888 Å². The summed E-state index contributed by atoms with van der Waals surface area (Å²) in [6.45, 7) is 108. The summed E-state index contributed by atoms with van der Waals surface area (Å²) in [4.78, 5) is 0. The Morgan fingerprint density at radius 1 is 0.153 bits per heavy atom. The molecule has 0 spiro atoms. The summed E-state index contributed by atoms with van der Waals surface area (Å²) >= 11 is 12.1. The van der Waals surface area contributed by atoms with Crippen molar-refractivity contribution in [1.29, 1.82) is 0 Å². The largest absolute Gasteiger partial charge is 0.412 e. The molecule has 17 saturated heterocycles. The lowest BCUT2D eigenvalue weighted by Gasteiger charge is -2.13. The van der Waals surface area contributed by atoms with Crippen LogP contribution in [-0.4, -0.2) is 319 Å². The molecule has 0 bridgehead atoms. The number of piperazine rings is 1. The maximum atomic E-state index is 5.07. The Kier molecular flexibility index (Phi) is 314. The number of piperidine rings is 2. The number of morpholine rings is 1. The minimum Gasteiger partial charge on any atom is -0.412 e. The van der Waals surface area contributed by atoms with E-state index in [4.69, 9.17) is 23.7 Å². The zero-order valence-corrected chi connectivity index (χ0v) is 104. The van der Waals surface area contributed by atoms with Crippen molar-refractivity contribution in [2.45, 2.75) is 364 Å². The van der Waals surface area contributed by atoms with Gasteiger partial charge in [0.05, 0.1) is 53.0 Å². The van der Waals surface area contributed by atoms with E-state index in [2.05, 4.69) is 153 Å². The van der Waals surface area contributed by atoms with Crippen molar-refractivity contribution in [2.75, 3.05) is 313 Å². The topological polar surface area (TPSA) is 342 Å². The van der Waals surface area contributed by atoms with E-state index in [1.54, 1.807) is 0 Å². The first-order chi connectivity index (χ1) is 68.0. The van der Waals surface area contributed by atoms with E-state index in [1.807, 2.05) is 271 Å². The van der Waals surface area contributed by atoms with Crippen LogP contribution in [0.15, 0.2) is 0 Å². The van der Waals surface area contributed by atoms with Crippen molar-refractivity contribution in [3.63, 3.8) is 0 Å². The van der Waals surface area contributed by atoms with Gasteiger partial charge in [-0.2, -0.15) is 52.6 Å². The molecule has 0 radical (unpaired) electrons. The van der Waals surface area contributed by atoms with Gasteiger partial charge in [-0.3, -0.25) is 42.3 Å². The molecule has 137 heavy (non-hydrogen) atoms. The predicted molar refractivity (Wildman–Crippen MR) is 647 cm³/mol. The molecule has 17 heterocycles. The fraction of sp³-hybridized carbons (Fsp3) is 1.00. The predicted octanol–water partition coefficient (Wildman–Crippen LogP) is 19.2. The Hall–Kier alpha value is 0.980. The molecule has 0 unspecified atom stereocenters. The van der Waals surface area contributed by atoms with Gasteiger partial charge in [-0.15, -0.1) is 11.8 Å². The smallest absolute Gasteiger partial charge is 0.0965 e. The van der Waals surface area contributed by atoms with Crippen molar-refractivity contribution < 1.29 is 29.2 Å². The van der Waals surface area contributed by atoms with E-state index >= 15 is 0 Å². The molecule has 17 fully saturated rings. The molecule has 17 aliphatic heterocycles. The van der Waals surface area contributed by atoms with Gasteiger partial charge >= 0.3 is 0 Å². The number of ether oxygens (including phenoxy) is 5. The molecule has 858 valence electrons. The Morgan fingerprint density at radius 2 is 0.445 bits per heavy atom. The minimum absolute atomic E-state index is 0. The highest BCUT2D eigenvalue weighted by Crippen LogP contribution is 2.16. The second-order valence-electron chi connectivity index (χ2n) is 24.9. The Morgan fingerprint density at radius 3 is 0.562 bits per heavy atom. The van der Waals surface area contributed by atoms with Crippen LogP contribution in [0.1, 0.15) is 364 Å². The molecule has 17 rings (SSSR count). The lowest BCUT2D eigenvalue weighted by molar-refractivity contribution is -0.0334. The van der Waals surface area contributed by atoms with E-state index < -0.39 is 0 Å². The maximum Gasteiger partial charge on any atom is 0.0965 e. The quantitative estimate of drug-likeness (QED) is 0.100. The van der Waals surface area contributed by atoms with Crippen molar-refractivity contribution in [1.82, 2.24) is 117 Å². The van der Waals surface area contributed by atoms with Crippen molar-refractivity contribution in [3.8, 4) is 0 Å². The molecule has 0 amide bonds. The van der Waals surface area contributed by atoms with E-state index in [0.717, 1.165) is 185 Å². The molecule has 28 nitrogen and oxygen atoms in total. The highest BCUT2D eigenvalue weighted by Gasteiger charge is 2.03. The van der Waals surface area contributed by atoms with Gasteiger partial charge < -0.3 is 82.3 Å². The van der Waals surface area contributed by atoms with E-state index in [0.29, 0.717) is 0 Å². The zero-order valence-electron chi connectivity index (χ0n) is 98.8. The average molecular weight is 2100 g/mol. The van der Waals surface area contributed by atoms with Gasteiger partial charge in [0.15, 0.2) is 0 Å². The third-order valence-corrected chi connectivity index (χ3v) is 22.0. The Balaban J connectivity index is -0.0000000673. The van der Waals surface area contributed by atoms with Gasteiger partial charge in [-0.1, -0.05) is 267 Å². The molecular weight excluding hydrogens is 1830 g/mol. The number of hydrazine groups is 4. The average Bonchev–Trinajstić information content (AvgIpc) is 4.05. The fourth-order valence-electron chi connectivity index (χ4n) is 9.60. The lowest BCUT2D eigenvalue weighted by Crippen LogP contribution is -2.49. The van der Waals surface area contributed by atoms with Crippen LogP contribution in [0.4, 0.5) is 0 Å². The lowest BCUT2D eigenvalue weighted by atomic mass is 10.2. The molecule has 0 aromatic heterocycles. The third kappa shape index (κ3) is 235. The molecule has 24 N–H and O–H groups in total. The maximum absolute atomic E-state index is 5.07. The molecule has 0 aromatic carbocycles. The van der Waals surface area contributed by atoms with Crippen molar-refractivity contribution >= 4 is 70.8 Å². The van der Waals surface area contributed by atoms with Gasteiger partial charge in [0.25, 0.3) is 0 Å². The van der Waals surface area contributed by atoms with Crippen LogP contribution in [0, 0.1) is 0 Å². The second-order valence-corrected chi connectivity index (χ2v) is 31.9. The standard InChI is InChI=1S/2C5H11N.C5H10O.C5H10S.3C4H10N2.2C4H9NO.3C4H9NS.C4H8O2.C4H8S2.3C3H9N3.17C2H6.H2O/c4*1-2-4-6-5-3-1;1-2-6-4-3-5-1;1-2-5-4-6-3-1;1-2-4-6-5-3-1;1-3-6-4-2-5-1;1-2-5-4-6-3-1;1-3-6-4-2-5-1;1-2-5-4-6-3-1;1-2-4-6-5-3-1;2*1-2-6-4-3-5-1;1-4-2-6-3-5-1;1-2-5-6-3-4-1;1-2-4-6-5-3-1;17*1-2;/h2*6H,1-5H2;2*1-5H2;3*5-6H,1-4H2;5*5H,1-4H2;2*1-4H2;3*4-6H,1-3H2;17*1-2H3;1H2. The van der Waals surface area contributed by atoms with Crippen LogP contribution in [0.2, 0.25) is 0 Å². The third-order valence-electron chi connectivity index (χ3n) is 15.5. The zero-order chi connectivity index (χ0) is 106. The van der Waals surface area contributed by atoms with Crippen molar-refractivity contribution in [3.05, 3.63) is 0 Å². The summed E-state index contributed by atoms with van der Waals surface area (Å²) in [5.41, 5.74) is 20.6. The van der Waals surface area contributed by atoms with Crippen LogP contribution >= 0.6 is 70.8 Å². The molecule has 0 aliphatic carbocycles. The monoisotopic (exact) mass is 2100 g/mol. The van der Waals surface area contributed by atoms with Gasteiger partial charge in [0.2, 0.25) is 0 Å². The number of rotatable bonds is 0. The number of thioether (sulfide) groups is 5. The first-order valence-electron chi connectivity index (χ1n) is 57.1. The normalized spacial score (nSPS) is 18.6. The second kappa shape index (κ2) is 239. The SMILES string of the molecule is C1CCNCC1.C1CCNCC1.C1CCNNC1.C1CCOCC1.C1CCSCC1.C1CCSNC1.C1CNCCN1.C1CNCNC1.C1CNCOC1.C1CNCSC1.C1CNNCN1.C1CNNNC1.C1COCCN1.C1COCCO1.C1CSCCN1.C1CSCCS1.C1NCNCN1.CC.CC.CC.CC.CC.CC.CC.CC.CC.CC.CC.CC.CC.CC.CC.CC.CC.O. The van der Waals surface area contributed by atoms with Crippen LogP contribution in [0.3, 0.4) is 0 Å². The summed E-state index contributed by atoms with van der Waals surface area (Å²) in [5.74, 6) is 14.8. The summed E-state index contributed by atoms with van der Waals surface area (Å²) < 4.78 is 28.1. The van der Waals surface area contributed by atoms with Crippen LogP contribution < -0.4 is 117 Å². The van der Waals surface area contributed by atoms with E-state index in [1.165, 1.54) is 257 Å². The van der Waals surface area contributed by atoms with Gasteiger partial charge in [0.1, 0.15) is 0 Å². The van der Waals surface area contributed by atoms with Gasteiger partial charge in [0, 0.05) is 191 Å². The van der Waals surface area contributed by atoms with Gasteiger partial charge in [-0.25, -0.2) is 16.3 Å². The summed E-state index contributed by atoms with van der Waals surface area (Å²) in [6.07, 6.45) is 27.2. The fourth-order valence-corrected chi connectivity index (χ4v) is 15.3. The van der Waals surface area contributed by atoms with Crippen LogP contribution in [0.5, 0.6) is 0 Å². The first-order valence-corrected chi connectivity index (χ1v) is 63.9. The highest BCUT2D eigenvalue weighted by molar-refractivity contribution is 8.06. The number of hydrogen-bond acceptors (Lipinski definition) is 33. The summed E-state index contributed by atoms with van der Waals surface area (Å²) in [6, 6.07) is 0. The molecule has 17 aliphatic rings. The van der Waals surface area contributed by atoms with Crippen LogP contribution in [-0.2, 0) is 23.7 Å². The van der Waals surface area contributed by atoms with E-state index in [9.17, 15) is 0 Å².